The number of hydrogen-bond acceptors (Lipinski definition) is 7. The number of halogens is 6. The van der Waals surface area contributed by atoms with Crippen LogP contribution in [-0.4, -0.2) is 64.4 Å². The lowest BCUT2D eigenvalue weighted by atomic mass is 9.74. The summed E-state index contributed by atoms with van der Waals surface area (Å²) in [6.45, 7) is 7.40. The van der Waals surface area contributed by atoms with Gasteiger partial charge in [-0.3, -0.25) is 4.90 Å². The lowest BCUT2D eigenvalue weighted by Crippen LogP contribution is -2.55. The highest BCUT2D eigenvalue weighted by atomic mass is 32.1. The van der Waals surface area contributed by atoms with Crippen LogP contribution in [0, 0.1) is 22.7 Å². The van der Waals surface area contributed by atoms with E-state index in [0.29, 0.717) is 51.1 Å². The van der Waals surface area contributed by atoms with Crippen LogP contribution < -0.4 is 20.0 Å². The van der Waals surface area contributed by atoms with Gasteiger partial charge in [0.25, 0.3) is 0 Å². The van der Waals surface area contributed by atoms with Gasteiger partial charge in [0.1, 0.15) is 17.0 Å². The van der Waals surface area contributed by atoms with Crippen molar-refractivity contribution in [3.8, 4) is 12.1 Å². The van der Waals surface area contributed by atoms with Crippen molar-refractivity contribution in [2.24, 2.45) is 4.99 Å². The van der Waals surface area contributed by atoms with Crippen molar-refractivity contribution in [3.05, 3.63) is 82.9 Å². The Hall–Kier alpha value is -5.46. The largest absolute Gasteiger partial charge is 0.444 e. The Morgan fingerprint density at radius 2 is 1.36 bits per heavy atom. The van der Waals surface area contributed by atoms with E-state index in [1.54, 1.807) is 36.6 Å². The van der Waals surface area contributed by atoms with Crippen molar-refractivity contribution in [2.45, 2.75) is 63.5 Å². The normalized spacial score (nSPS) is 17.8. The van der Waals surface area contributed by atoms with E-state index in [0.717, 1.165) is 30.0 Å². The Balaban J connectivity index is 1.35. The van der Waals surface area contributed by atoms with Gasteiger partial charge < -0.3 is 24.8 Å². The maximum atomic E-state index is 14.2. The molecule has 0 unspecified atom stereocenters. The number of rotatable bonds is 4. The molecule has 0 bridgehead atoms. The quantitative estimate of drug-likeness (QED) is 0.203. The first-order chi connectivity index (χ1) is 26.3. The number of aliphatic imine (C=N–C) groups is 1. The number of amides is 1. The molecule has 56 heavy (non-hydrogen) atoms. The van der Waals surface area contributed by atoms with Crippen LogP contribution in [0.15, 0.2) is 65.7 Å². The number of carbonyl (C=O) groups is 1. The number of benzene rings is 3. The minimum Gasteiger partial charge on any atom is -0.444 e. The number of carbonyl (C=O) groups excluding carboxylic acids is 1. The minimum absolute atomic E-state index is 0.0474. The minimum atomic E-state index is -4.88. The number of piperazine rings is 1. The number of nitrogens with one attached hydrogen (secondary N) is 1. The van der Waals surface area contributed by atoms with E-state index >= 15 is 0 Å². The predicted molar refractivity (Wildman–Crippen MR) is 207 cm³/mol. The van der Waals surface area contributed by atoms with E-state index < -0.39 is 45.7 Å². The van der Waals surface area contributed by atoms with Crippen LogP contribution in [0.5, 0.6) is 0 Å². The van der Waals surface area contributed by atoms with Gasteiger partial charge in [0.05, 0.1) is 40.1 Å². The van der Waals surface area contributed by atoms with Crippen LogP contribution in [-0.2, 0) is 17.1 Å². The first-order valence-electron chi connectivity index (χ1n) is 17.4. The summed E-state index contributed by atoms with van der Waals surface area (Å²) >= 11 is 11.5. The molecule has 2 aliphatic heterocycles. The molecular formula is C38H34F6N8O2S2. The topological polar surface area (TPSA) is 111 Å². The fourth-order valence-corrected chi connectivity index (χ4v) is 7.55. The Bertz CT molecular complexity index is 2180. The zero-order valence-corrected chi connectivity index (χ0v) is 31.9. The molecule has 1 aliphatic carbocycles. The monoisotopic (exact) mass is 812 g/mol. The van der Waals surface area contributed by atoms with Gasteiger partial charge in [0, 0.05) is 43.2 Å². The van der Waals surface area contributed by atoms with Crippen LogP contribution in [0.1, 0.15) is 62.3 Å². The highest BCUT2D eigenvalue weighted by molar-refractivity contribution is 7.81. The molecule has 3 aliphatic rings. The van der Waals surface area contributed by atoms with Crippen molar-refractivity contribution in [2.75, 3.05) is 46.2 Å². The van der Waals surface area contributed by atoms with E-state index in [-0.39, 0.29) is 33.5 Å². The number of nitriles is 2. The fourth-order valence-electron chi connectivity index (χ4n) is 6.88. The smallest absolute Gasteiger partial charge is 0.417 e. The molecule has 2 saturated heterocycles. The predicted octanol–water partition coefficient (Wildman–Crippen LogP) is 8.85. The summed E-state index contributed by atoms with van der Waals surface area (Å²) in [5.41, 5.74) is -3.87. The molecular weight excluding hydrogens is 779 g/mol. The zero-order chi connectivity index (χ0) is 40.8. The lowest BCUT2D eigenvalue weighted by molar-refractivity contribution is -0.138. The molecule has 1 spiro atoms. The molecule has 2 heterocycles. The van der Waals surface area contributed by atoms with E-state index in [1.807, 2.05) is 24.3 Å². The van der Waals surface area contributed by atoms with Crippen LogP contribution in [0.2, 0.25) is 0 Å². The number of amidine groups is 1. The third-order valence-corrected chi connectivity index (χ3v) is 10.2. The van der Waals surface area contributed by atoms with Crippen molar-refractivity contribution < 1.29 is 35.9 Å². The van der Waals surface area contributed by atoms with E-state index in [4.69, 9.17) is 29.2 Å². The summed E-state index contributed by atoms with van der Waals surface area (Å²) < 4.78 is 89.3. The molecule has 292 valence electrons. The molecule has 18 heteroatoms. The van der Waals surface area contributed by atoms with Gasteiger partial charge in [-0.1, -0.05) is 0 Å². The van der Waals surface area contributed by atoms with Crippen molar-refractivity contribution >= 4 is 69.3 Å². The number of anilines is 4. The molecule has 3 aromatic carbocycles. The second kappa shape index (κ2) is 14.9. The van der Waals surface area contributed by atoms with Crippen LogP contribution in [0.3, 0.4) is 0 Å². The van der Waals surface area contributed by atoms with Gasteiger partial charge in [-0.2, -0.15) is 36.9 Å². The molecule has 0 radical (unpaired) electrons. The Labute approximate surface area is 329 Å². The molecule has 6 rings (SSSR count). The Kier molecular flexibility index (Phi) is 10.7. The van der Waals surface area contributed by atoms with Crippen LogP contribution in [0.25, 0.3) is 0 Å². The van der Waals surface area contributed by atoms with Gasteiger partial charge in [0.2, 0.25) is 0 Å². The number of hydrogen-bond donors (Lipinski definition) is 1. The van der Waals surface area contributed by atoms with Gasteiger partial charge in [-0.25, -0.2) is 9.79 Å². The van der Waals surface area contributed by atoms with Crippen LogP contribution in [0.4, 0.5) is 53.9 Å². The molecule has 1 saturated carbocycles. The van der Waals surface area contributed by atoms with E-state index in [2.05, 4.69) is 15.2 Å². The number of nitrogens with zero attached hydrogens (tertiary/aromatic N) is 7. The second-order valence-electron chi connectivity index (χ2n) is 14.4. The van der Waals surface area contributed by atoms with Gasteiger partial charge in [-0.15, -0.1) is 0 Å². The Morgan fingerprint density at radius 1 is 0.821 bits per heavy atom. The second-order valence-corrected chi connectivity index (χ2v) is 15.1. The molecule has 0 aromatic heterocycles. The molecule has 3 fully saturated rings. The molecule has 1 N–H and O–H groups in total. The number of alkyl halides is 6. The summed E-state index contributed by atoms with van der Waals surface area (Å²) in [6.07, 6.45) is -8.50. The number of ether oxygens (including phenoxy) is 1. The lowest BCUT2D eigenvalue weighted by Gasteiger charge is -2.45. The standard InChI is InChI=1S/C38H34F6N8O2S2/c1-35(2,3)54-34(53)50-17-15-49(16-18-50)26-9-11-27(12-10-26)52-33(56)51(28-8-6-24(22-46)30(20-28)38(42,43)44)31(36(52)13-4-14-36)48-32(55)47-25-7-5-23(21-45)29(19-25)37(39,40)41/h5-12,19-20H,4,13-18H2,1-3H3,(H,47,55). The van der Waals surface area contributed by atoms with Gasteiger partial charge in [-0.05, 0) is 125 Å². The maximum Gasteiger partial charge on any atom is 0.417 e. The molecule has 10 nitrogen and oxygen atoms in total. The first kappa shape index (κ1) is 40.2. The zero-order valence-electron chi connectivity index (χ0n) is 30.3. The highest BCUT2D eigenvalue weighted by Gasteiger charge is 2.58. The van der Waals surface area contributed by atoms with Crippen molar-refractivity contribution in [1.82, 2.24) is 4.90 Å². The summed E-state index contributed by atoms with van der Waals surface area (Å²) in [5, 5.41) is 21.1. The van der Waals surface area contributed by atoms with E-state index in [9.17, 15) is 41.7 Å². The van der Waals surface area contributed by atoms with Crippen molar-refractivity contribution in [3.63, 3.8) is 0 Å². The first-order valence-corrected chi connectivity index (χ1v) is 18.2. The summed E-state index contributed by atoms with van der Waals surface area (Å²) in [5.74, 6) is 0.149. The molecule has 1 amide bonds. The third-order valence-electron chi connectivity index (χ3n) is 9.62. The molecule has 3 aromatic rings. The van der Waals surface area contributed by atoms with Gasteiger partial charge in [0.15, 0.2) is 10.2 Å². The summed E-state index contributed by atoms with van der Waals surface area (Å²) in [4.78, 5) is 24.1. The number of thiocarbonyl (C=S) groups is 2. The molecule has 0 atom stereocenters. The SMILES string of the molecule is CC(C)(C)OC(=O)N1CCN(c2ccc(N3C(=S)N(c4ccc(C#N)c(C(F)(F)F)c4)C(=NC(=S)Nc4ccc(C#N)c(C(F)(F)F)c4)C34CCC4)cc2)CC1. The fraction of sp³-hybridized carbons (Fsp3) is 0.368. The summed E-state index contributed by atoms with van der Waals surface area (Å²) in [7, 11) is 0. The maximum absolute atomic E-state index is 14.2. The third kappa shape index (κ3) is 7.94. The van der Waals surface area contributed by atoms with Crippen molar-refractivity contribution in [1.29, 1.82) is 10.5 Å². The average molecular weight is 813 g/mol. The van der Waals surface area contributed by atoms with E-state index in [1.165, 1.54) is 23.1 Å². The average Bonchev–Trinajstić information content (AvgIpc) is 3.37. The summed E-state index contributed by atoms with van der Waals surface area (Å²) in [6, 6.07) is 16.6. The van der Waals surface area contributed by atoms with Gasteiger partial charge >= 0.3 is 18.4 Å². The highest BCUT2D eigenvalue weighted by Crippen LogP contribution is 2.49. The van der Waals surface area contributed by atoms with Crippen LogP contribution >= 0.6 is 24.4 Å². The Morgan fingerprint density at radius 3 is 1.88 bits per heavy atom.